The van der Waals surface area contributed by atoms with Gasteiger partial charge >= 0.3 is 0 Å². The summed E-state index contributed by atoms with van der Waals surface area (Å²) in [4.78, 5) is 26.4. The van der Waals surface area contributed by atoms with Gasteiger partial charge in [-0.05, 0) is 30.3 Å². The third kappa shape index (κ3) is 2.43. The highest BCUT2D eigenvalue weighted by Gasteiger charge is 2.18. The molecule has 0 N–H and O–H groups in total. The average molecular weight is 370 g/mol. The molecule has 0 bridgehead atoms. The van der Waals surface area contributed by atoms with Crippen LogP contribution in [-0.2, 0) is 0 Å². The molecule has 0 amide bonds. The molecule has 8 nitrogen and oxygen atoms in total. The lowest BCUT2D eigenvalue weighted by atomic mass is 10.1. The molecule has 0 spiro atoms. The fourth-order valence-corrected chi connectivity index (χ4v) is 3.24. The summed E-state index contributed by atoms with van der Waals surface area (Å²) in [5.41, 5.74) is 1.68. The van der Waals surface area contributed by atoms with E-state index in [1.807, 2.05) is 30.3 Å². The van der Waals surface area contributed by atoms with Crippen molar-refractivity contribution in [1.82, 2.24) is 29.1 Å². The number of nitrogens with zero attached hydrogens (tertiary/aromatic N) is 6. The van der Waals surface area contributed by atoms with Crippen LogP contribution in [-0.4, -0.2) is 36.2 Å². The summed E-state index contributed by atoms with van der Waals surface area (Å²) in [5, 5.41) is 4.71. The Labute approximate surface area is 158 Å². The highest BCUT2D eigenvalue weighted by molar-refractivity contribution is 5.93. The number of hydrogen-bond acceptors (Lipinski definition) is 6. The van der Waals surface area contributed by atoms with Crippen LogP contribution in [0.1, 0.15) is 0 Å². The van der Waals surface area contributed by atoms with E-state index >= 15 is 0 Å². The molecule has 5 rings (SSSR count). The van der Waals surface area contributed by atoms with Crippen LogP contribution in [0, 0.1) is 0 Å². The predicted molar refractivity (Wildman–Crippen MR) is 104 cm³/mol. The number of aromatic nitrogens is 6. The molecule has 136 valence electrons. The van der Waals surface area contributed by atoms with Gasteiger partial charge in [0.25, 0.3) is 11.3 Å². The summed E-state index contributed by atoms with van der Waals surface area (Å²) < 4.78 is 8.42. The normalized spacial score (nSPS) is 11.2. The van der Waals surface area contributed by atoms with Crippen molar-refractivity contribution >= 4 is 16.7 Å². The van der Waals surface area contributed by atoms with Crippen LogP contribution in [0.3, 0.4) is 0 Å². The van der Waals surface area contributed by atoms with Gasteiger partial charge in [0.05, 0.1) is 23.7 Å². The number of rotatable bonds is 3. The summed E-state index contributed by atoms with van der Waals surface area (Å²) in [6.45, 7) is 0. The predicted octanol–water partition coefficient (Wildman–Crippen LogP) is 2.50. The molecule has 28 heavy (non-hydrogen) atoms. The summed E-state index contributed by atoms with van der Waals surface area (Å²) in [6.07, 6.45) is 4.73. The van der Waals surface area contributed by atoms with Crippen molar-refractivity contribution in [3.05, 3.63) is 77.6 Å². The van der Waals surface area contributed by atoms with E-state index in [2.05, 4.69) is 20.1 Å². The zero-order chi connectivity index (χ0) is 19.1. The van der Waals surface area contributed by atoms with Gasteiger partial charge in [0.1, 0.15) is 17.9 Å². The third-order valence-electron chi connectivity index (χ3n) is 4.51. The van der Waals surface area contributed by atoms with Crippen LogP contribution in [0.2, 0.25) is 0 Å². The number of fused-ring (bicyclic) bond motifs is 2. The van der Waals surface area contributed by atoms with Crippen LogP contribution >= 0.6 is 0 Å². The quantitative estimate of drug-likeness (QED) is 0.485. The Balaban J connectivity index is 1.92. The van der Waals surface area contributed by atoms with E-state index in [4.69, 9.17) is 4.74 Å². The fourth-order valence-electron chi connectivity index (χ4n) is 3.24. The highest BCUT2D eigenvalue weighted by Crippen LogP contribution is 2.28. The third-order valence-corrected chi connectivity index (χ3v) is 4.51. The smallest absolute Gasteiger partial charge is 0.267 e. The zero-order valence-electron chi connectivity index (χ0n) is 14.9. The van der Waals surface area contributed by atoms with Gasteiger partial charge in [-0.2, -0.15) is 14.6 Å². The van der Waals surface area contributed by atoms with E-state index in [0.29, 0.717) is 33.9 Å². The molecule has 4 aromatic heterocycles. The molecule has 0 unspecified atom stereocenters. The molecule has 5 aromatic rings. The monoisotopic (exact) mass is 370 g/mol. The van der Waals surface area contributed by atoms with Gasteiger partial charge in [0, 0.05) is 18.0 Å². The first kappa shape index (κ1) is 16.1. The number of ether oxygens (including phenoxy) is 1. The Morgan fingerprint density at radius 2 is 1.96 bits per heavy atom. The van der Waals surface area contributed by atoms with Crippen molar-refractivity contribution in [3.63, 3.8) is 0 Å². The zero-order valence-corrected chi connectivity index (χ0v) is 14.9. The standard InChI is InChI=1S/C20H14N6O2/c1-28-14-6-4-5-13(11-14)18-17-15(24-20-22-12-23-26(18)20)8-10-25(19(17)27)16-7-2-3-9-21-16/h2-12H,1H3. The Kier molecular flexibility index (Phi) is 3.61. The topological polar surface area (TPSA) is 87.2 Å². The maximum Gasteiger partial charge on any atom is 0.267 e. The van der Waals surface area contributed by atoms with E-state index in [9.17, 15) is 4.79 Å². The summed E-state index contributed by atoms with van der Waals surface area (Å²) in [6, 6.07) is 14.7. The van der Waals surface area contributed by atoms with Gasteiger partial charge < -0.3 is 4.74 Å². The van der Waals surface area contributed by atoms with Crippen molar-refractivity contribution in [2.45, 2.75) is 0 Å². The molecule has 0 saturated carbocycles. The first-order valence-electron chi connectivity index (χ1n) is 8.57. The largest absolute Gasteiger partial charge is 0.497 e. The lowest BCUT2D eigenvalue weighted by molar-refractivity contribution is 0.415. The maximum atomic E-state index is 13.4. The minimum Gasteiger partial charge on any atom is -0.497 e. The Bertz CT molecular complexity index is 1370. The van der Waals surface area contributed by atoms with E-state index < -0.39 is 0 Å². The maximum absolute atomic E-state index is 13.4. The molecular formula is C20H14N6O2. The number of benzene rings is 1. The molecule has 8 heteroatoms. The van der Waals surface area contributed by atoms with Gasteiger partial charge in [-0.15, -0.1) is 0 Å². The van der Waals surface area contributed by atoms with Gasteiger partial charge in [0.2, 0.25) is 0 Å². The Morgan fingerprint density at radius 1 is 1.04 bits per heavy atom. The molecule has 0 fully saturated rings. The van der Waals surface area contributed by atoms with E-state index in [0.717, 1.165) is 5.56 Å². The van der Waals surface area contributed by atoms with E-state index in [1.54, 1.807) is 42.2 Å². The number of hydrogen-bond donors (Lipinski definition) is 0. The second kappa shape index (κ2) is 6.27. The van der Waals surface area contributed by atoms with Gasteiger partial charge in [-0.1, -0.05) is 18.2 Å². The van der Waals surface area contributed by atoms with Crippen molar-refractivity contribution in [3.8, 4) is 22.8 Å². The van der Waals surface area contributed by atoms with Gasteiger partial charge in [-0.25, -0.2) is 9.97 Å². The van der Waals surface area contributed by atoms with Crippen molar-refractivity contribution in [2.24, 2.45) is 0 Å². The molecule has 0 aliphatic heterocycles. The molecular weight excluding hydrogens is 356 g/mol. The SMILES string of the molecule is COc1cccc(-c2c3c(=O)n(-c4ccccn4)ccc3nc3ncnn23)c1. The molecule has 0 aliphatic rings. The molecule has 0 saturated heterocycles. The van der Waals surface area contributed by atoms with E-state index in [-0.39, 0.29) is 5.56 Å². The molecule has 0 atom stereocenters. The van der Waals surface area contributed by atoms with Crippen molar-refractivity contribution < 1.29 is 4.74 Å². The first-order valence-corrected chi connectivity index (χ1v) is 8.57. The van der Waals surface area contributed by atoms with Crippen LogP contribution in [0.4, 0.5) is 0 Å². The summed E-state index contributed by atoms with van der Waals surface area (Å²) >= 11 is 0. The van der Waals surface area contributed by atoms with Crippen LogP contribution in [0.5, 0.6) is 5.75 Å². The molecule has 1 aromatic carbocycles. The van der Waals surface area contributed by atoms with Gasteiger partial charge in [0.15, 0.2) is 0 Å². The van der Waals surface area contributed by atoms with Crippen LogP contribution < -0.4 is 10.3 Å². The molecule has 0 radical (unpaired) electrons. The Morgan fingerprint density at radius 3 is 2.79 bits per heavy atom. The minimum absolute atomic E-state index is 0.237. The van der Waals surface area contributed by atoms with Crippen molar-refractivity contribution in [1.29, 1.82) is 0 Å². The molecule has 0 aliphatic carbocycles. The van der Waals surface area contributed by atoms with Crippen molar-refractivity contribution in [2.75, 3.05) is 7.11 Å². The average Bonchev–Trinajstić information content (AvgIpc) is 3.21. The second-order valence-corrected chi connectivity index (χ2v) is 6.10. The highest BCUT2D eigenvalue weighted by atomic mass is 16.5. The van der Waals surface area contributed by atoms with Gasteiger partial charge in [-0.3, -0.25) is 9.36 Å². The van der Waals surface area contributed by atoms with E-state index in [1.165, 1.54) is 10.9 Å². The van der Waals surface area contributed by atoms with Crippen LogP contribution in [0.15, 0.2) is 72.0 Å². The second-order valence-electron chi connectivity index (χ2n) is 6.10. The first-order chi connectivity index (χ1) is 13.8. The minimum atomic E-state index is -0.237. The number of methoxy groups -OCH3 is 1. The van der Waals surface area contributed by atoms with Crippen LogP contribution in [0.25, 0.3) is 33.8 Å². The summed E-state index contributed by atoms with van der Waals surface area (Å²) in [7, 11) is 1.60. The summed E-state index contributed by atoms with van der Waals surface area (Å²) in [5.74, 6) is 1.63. The Hall–Kier alpha value is -4.07. The lowest BCUT2D eigenvalue weighted by Gasteiger charge is -2.11. The fraction of sp³-hybridized carbons (Fsp3) is 0.0500. The number of pyridine rings is 2. The lowest BCUT2D eigenvalue weighted by Crippen LogP contribution is -2.20. The molecule has 4 heterocycles.